The third-order valence-corrected chi connectivity index (χ3v) is 10.0. The summed E-state index contributed by atoms with van der Waals surface area (Å²) in [5.41, 5.74) is -0.690. The molecule has 3 fully saturated rings. The van der Waals surface area contributed by atoms with Crippen molar-refractivity contribution in [3.63, 3.8) is 0 Å². The lowest BCUT2D eigenvalue weighted by molar-refractivity contribution is 0.105. The van der Waals surface area contributed by atoms with E-state index in [9.17, 15) is 22.0 Å². The van der Waals surface area contributed by atoms with Gasteiger partial charge in [-0.3, -0.25) is 4.39 Å². The molecule has 3 saturated carbocycles. The van der Waals surface area contributed by atoms with Crippen LogP contribution in [-0.2, 0) is 4.83 Å². The van der Waals surface area contributed by atoms with Crippen molar-refractivity contribution < 1.29 is 22.0 Å². The highest BCUT2D eigenvalue weighted by Gasteiger charge is 2.36. The largest absolute Gasteiger partial charge is 0.332 e. The summed E-state index contributed by atoms with van der Waals surface area (Å²) in [4.78, 5) is -3.70. The van der Waals surface area contributed by atoms with E-state index in [0.717, 1.165) is 62.0 Å². The first-order valence-electron chi connectivity index (χ1n) is 13.9. The zero-order valence-corrected chi connectivity index (χ0v) is 22.3. The van der Waals surface area contributed by atoms with Crippen molar-refractivity contribution in [2.45, 2.75) is 107 Å². The summed E-state index contributed by atoms with van der Waals surface area (Å²) in [5, 5.41) is 0. The van der Waals surface area contributed by atoms with Crippen LogP contribution in [0.2, 0.25) is 0 Å². The Morgan fingerprint density at radius 3 is 1.46 bits per heavy atom. The van der Waals surface area contributed by atoms with E-state index in [2.05, 4.69) is 15.9 Å². The maximum Gasteiger partial charge on any atom is 0.332 e. The average Bonchev–Trinajstić information content (AvgIpc) is 2.83. The summed E-state index contributed by atoms with van der Waals surface area (Å²) >= 11 is 2.07. The molecule has 6 heteroatoms. The third kappa shape index (κ3) is 7.23. The zero-order valence-electron chi connectivity index (χ0n) is 20.7. The Kier molecular flexibility index (Phi) is 9.59. The predicted octanol–water partition coefficient (Wildman–Crippen LogP) is 10.4. The first-order valence-corrected chi connectivity index (χ1v) is 14.7. The van der Waals surface area contributed by atoms with Crippen LogP contribution in [0.1, 0.15) is 113 Å². The van der Waals surface area contributed by atoms with E-state index in [0.29, 0.717) is 17.4 Å². The van der Waals surface area contributed by atoms with Crippen LogP contribution in [0.3, 0.4) is 0 Å². The van der Waals surface area contributed by atoms with E-state index in [-0.39, 0.29) is 12.6 Å². The fourth-order valence-corrected chi connectivity index (χ4v) is 7.78. The van der Waals surface area contributed by atoms with Crippen LogP contribution in [-0.4, -0.2) is 6.67 Å². The molecule has 0 bridgehead atoms. The lowest BCUT2D eigenvalue weighted by Gasteiger charge is -2.38. The minimum atomic E-state index is -3.70. The monoisotopic (exact) mass is 562 g/mol. The average molecular weight is 564 g/mol. The van der Waals surface area contributed by atoms with Crippen LogP contribution in [0.4, 0.5) is 22.0 Å². The van der Waals surface area contributed by atoms with Gasteiger partial charge in [-0.2, -0.15) is 8.78 Å². The molecule has 4 rings (SSSR count). The highest BCUT2D eigenvalue weighted by Crippen LogP contribution is 2.45. The topological polar surface area (TPSA) is 0 Å². The molecule has 0 aromatic heterocycles. The molecule has 0 saturated heterocycles. The molecule has 3 aliphatic carbocycles. The van der Waals surface area contributed by atoms with Crippen LogP contribution in [0.25, 0.3) is 0 Å². The Labute approximate surface area is 216 Å². The van der Waals surface area contributed by atoms with Crippen molar-refractivity contribution in [3.8, 4) is 0 Å². The summed E-state index contributed by atoms with van der Waals surface area (Å²) in [5.74, 6) is 1.56. The fraction of sp³-hybridized carbons (Fsp3) is 0.793. The second kappa shape index (κ2) is 12.3. The van der Waals surface area contributed by atoms with Crippen LogP contribution < -0.4 is 0 Å². The van der Waals surface area contributed by atoms with Gasteiger partial charge in [0.1, 0.15) is 17.2 Å². The lowest BCUT2D eigenvalue weighted by Crippen LogP contribution is -2.26. The van der Waals surface area contributed by atoms with Gasteiger partial charge in [0.15, 0.2) is 0 Å². The van der Waals surface area contributed by atoms with Crippen LogP contribution in [0.15, 0.2) is 12.1 Å². The Morgan fingerprint density at radius 2 is 1.06 bits per heavy atom. The molecule has 198 valence electrons. The Morgan fingerprint density at radius 1 is 0.657 bits per heavy atom. The van der Waals surface area contributed by atoms with Crippen molar-refractivity contribution in [2.75, 3.05) is 6.67 Å². The molecule has 0 radical (unpaired) electrons. The van der Waals surface area contributed by atoms with Crippen molar-refractivity contribution in [2.24, 2.45) is 29.6 Å². The number of rotatable bonds is 8. The molecule has 1 aromatic carbocycles. The van der Waals surface area contributed by atoms with Gasteiger partial charge in [-0.25, -0.2) is 8.78 Å². The summed E-state index contributed by atoms with van der Waals surface area (Å²) in [6.07, 6.45) is 17.5. The van der Waals surface area contributed by atoms with Crippen LogP contribution >= 0.6 is 15.9 Å². The van der Waals surface area contributed by atoms with Crippen molar-refractivity contribution in [1.82, 2.24) is 0 Å². The molecule has 0 unspecified atom stereocenters. The highest BCUT2D eigenvalue weighted by molar-refractivity contribution is 9.09. The van der Waals surface area contributed by atoms with E-state index in [4.69, 9.17) is 0 Å². The van der Waals surface area contributed by atoms with Gasteiger partial charge in [0.2, 0.25) is 0 Å². The molecule has 35 heavy (non-hydrogen) atoms. The smallest absolute Gasteiger partial charge is 0.251 e. The molecule has 0 aliphatic heterocycles. The molecular weight excluding hydrogens is 523 g/mol. The van der Waals surface area contributed by atoms with Crippen LogP contribution in [0.5, 0.6) is 0 Å². The summed E-state index contributed by atoms with van der Waals surface area (Å²) < 4.78 is 67.8. The van der Waals surface area contributed by atoms with E-state index in [1.54, 1.807) is 0 Å². The van der Waals surface area contributed by atoms with Gasteiger partial charge >= 0.3 is 4.83 Å². The van der Waals surface area contributed by atoms with Gasteiger partial charge in [0.25, 0.3) is 0 Å². The third-order valence-electron chi connectivity index (χ3n) is 9.62. The standard InChI is InChI=1S/C29H40BrF5/c30-29(34,35)28-26(32)17-25(18-27(28)33)24-13-5-20(6-14-24)2-1-19-3-9-22(10-4-19)23-11-7-21(8-12-23)15-16-31/h17-24H,1-16H2. The summed E-state index contributed by atoms with van der Waals surface area (Å²) in [7, 11) is 0. The van der Waals surface area contributed by atoms with Crippen molar-refractivity contribution in [3.05, 3.63) is 34.9 Å². The van der Waals surface area contributed by atoms with E-state index in [1.807, 2.05) is 0 Å². The molecule has 0 heterocycles. The quantitative estimate of drug-likeness (QED) is 0.218. The highest BCUT2D eigenvalue weighted by atomic mass is 79.9. The minimum absolute atomic E-state index is 0.0451. The SMILES string of the molecule is FCCC1CCC(C2CCC(CCC3CCC(c4cc(F)c(C(F)(F)Br)c(F)c4)CC3)CC2)CC1. The zero-order chi connectivity index (χ0) is 25.0. The van der Waals surface area contributed by atoms with Gasteiger partial charge in [-0.15, -0.1) is 0 Å². The molecule has 0 amide bonds. The second-order valence-electron chi connectivity index (χ2n) is 11.7. The van der Waals surface area contributed by atoms with Gasteiger partial charge in [-0.05, 0) is 127 Å². The number of benzene rings is 1. The molecule has 0 N–H and O–H groups in total. The van der Waals surface area contributed by atoms with Gasteiger partial charge < -0.3 is 0 Å². The fourth-order valence-electron chi connectivity index (χ4n) is 7.41. The Bertz CT molecular complexity index is 775. The van der Waals surface area contributed by atoms with E-state index in [1.165, 1.54) is 64.2 Å². The first kappa shape index (κ1) is 27.4. The van der Waals surface area contributed by atoms with E-state index < -0.39 is 22.0 Å². The molecule has 0 atom stereocenters. The maximum atomic E-state index is 14.2. The van der Waals surface area contributed by atoms with Gasteiger partial charge in [0, 0.05) is 0 Å². The number of alkyl halides is 4. The second-order valence-corrected chi connectivity index (χ2v) is 12.7. The summed E-state index contributed by atoms with van der Waals surface area (Å²) in [6, 6.07) is 2.20. The van der Waals surface area contributed by atoms with Crippen LogP contribution in [0, 0.1) is 41.2 Å². The first-order chi connectivity index (χ1) is 16.7. The molecule has 0 nitrogen and oxygen atoms in total. The molecular formula is C29H40BrF5. The Hall–Kier alpha value is -0.650. The van der Waals surface area contributed by atoms with Crippen molar-refractivity contribution in [1.29, 1.82) is 0 Å². The molecule has 0 spiro atoms. The Balaban J connectivity index is 1.16. The van der Waals surface area contributed by atoms with E-state index >= 15 is 0 Å². The molecule has 3 aliphatic rings. The number of hydrogen-bond acceptors (Lipinski definition) is 0. The number of halogens is 6. The van der Waals surface area contributed by atoms with Crippen molar-refractivity contribution >= 4 is 15.9 Å². The minimum Gasteiger partial charge on any atom is -0.251 e. The van der Waals surface area contributed by atoms with Gasteiger partial charge in [-0.1, -0.05) is 38.5 Å². The summed E-state index contributed by atoms with van der Waals surface area (Å²) in [6.45, 7) is -0.162. The predicted molar refractivity (Wildman–Crippen MR) is 135 cm³/mol. The molecule has 1 aromatic rings. The van der Waals surface area contributed by atoms with Gasteiger partial charge in [0.05, 0.1) is 6.67 Å². The maximum absolute atomic E-state index is 14.2. The lowest BCUT2D eigenvalue weighted by atomic mass is 9.68. The normalized spacial score (nSPS) is 32.5. The number of hydrogen-bond donors (Lipinski definition) is 0.